The lowest BCUT2D eigenvalue weighted by Gasteiger charge is -2.09. The monoisotopic (exact) mass is 736 g/mol. The second kappa shape index (κ2) is 14.6. The van der Waals surface area contributed by atoms with Gasteiger partial charge < -0.3 is 0 Å². The van der Waals surface area contributed by atoms with Crippen LogP contribution in [0.25, 0.3) is 39.0 Å². The molecule has 0 atom stereocenters. The fourth-order valence-electron chi connectivity index (χ4n) is 4.96. The van der Waals surface area contributed by atoms with Crippen molar-refractivity contribution in [1.82, 2.24) is 0 Å². The first-order chi connectivity index (χ1) is 19.1. The molecule has 0 unspecified atom stereocenters. The van der Waals surface area contributed by atoms with Crippen LogP contribution in [0.1, 0.15) is 76.3 Å². The summed E-state index contributed by atoms with van der Waals surface area (Å²) in [5.74, 6) is 0. The zero-order valence-electron chi connectivity index (χ0n) is 22.5. The molecule has 0 N–H and O–H groups in total. The van der Waals surface area contributed by atoms with Crippen LogP contribution in [0.4, 0.5) is 0 Å². The van der Waals surface area contributed by atoms with Crippen molar-refractivity contribution >= 4 is 88.5 Å². The van der Waals surface area contributed by atoms with Gasteiger partial charge in [0.1, 0.15) is 0 Å². The van der Waals surface area contributed by atoms with E-state index in [9.17, 15) is 0 Å². The molecule has 0 aliphatic rings. The van der Waals surface area contributed by atoms with Gasteiger partial charge in [0, 0.05) is 39.0 Å². The molecule has 5 aromatic rings. The van der Waals surface area contributed by atoms with Crippen LogP contribution >= 0.6 is 88.5 Å². The van der Waals surface area contributed by atoms with E-state index in [-0.39, 0.29) is 0 Å². The van der Waals surface area contributed by atoms with E-state index in [1.165, 1.54) is 111 Å². The lowest BCUT2D eigenvalue weighted by molar-refractivity contribution is 0.653. The second-order valence-corrected chi connectivity index (χ2v) is 18.0. The van der Waals surface area contributed by atoms with E-state index >= 15 is 0 Å². The number of rotatable bonds is 14. The minimum absolute atomic E-state index is 1.20. The van der Waals surface area contributed by atoms with Crippen LogP contribution in [-0.4, -0.2) is 0 Å². The fourth-order valence-corrected chi connectivity index (χ4v) is 11.6. The minimum Gasteiger partial charge on any atom is -0.134 e. The summed E-state index contributed by atoms with van der Waals surface area (Å²) in [4.78, 5) is 11.4. The topological polar surface area (TPSA) is 0 Å². The molecular weight excluding hydrogens is 704 g/mol. The Morgan fingerprint density at radius 2 is 0.821 bits per heavy atom. The first-order valence-corrected chi connectivity index (χ1v) is 19.6. The Bertz CT molecular complexity index is 1370. The van der Waals surface area contributed by atoms with Gasteiger partial charge in [0.05, 0.1) is 7.57 Å². The summed E-state index contributed by atoms with van der Waals surface area (Å²) >= 11 is 16.9. The largest absolute Gasteiger partial charge is 0.134 e. The summed E-state index contributed by atoms with van der Waals surface area (Å²) in [6.45, 7) is 4.62. The van der Waals surface area contributed by atoms with E-state index in [1.54, 1.807) is 11.1 Å². The summed E-state index contributed by atoms with van der Waals surface area (Å²) in [6.07, 6.45) is 12.9. The molecule has 0 saturated heterocycles. The van der Waals surface area contributed by atoms with E-state index in [2.05, 4.69) is 106 Å². The first kappa shape index (κ1) is 29.9. The highest BCUT2D eigenvalue weighted by Crippen LogP contribution is 2.50. The zero-order valence-corrected chi connectivity index (χ0v) is 29.7. The van der Waals surface area contributed by atoms with Gasteiger partial charge in [0.2, 0.25) is 0 Å². The predicted molar refractivity (Wildman–Crippen MR) is 189 cm³/mol. The van der Waals surface area contributed by atoms with Gasteiger partial charge >= 0.3 is 0 Å². The van der Waals surface area contributed by atoms with E-state index in [1.807, 2.05) is 45.3 Å². The SMILES string of the molecule is CCCCCCc1c(-c2ccc(-c3ccc(Br)s3)s2)sc(-c2ccc(-c3ccc(Br)s3)s2)c1CCCCCC. The molecule has 0 saturated carbocycles. The van der Waals surface area contributed by atoms with Crippen molar-refractivity contribution < 1.29 is 0 Å². The maximum Gasteiger partial charge on any atom is 0.0705 e. The lowest BCUT2D eigenvalue weighted by atomic mass is 9.96. The molecule has 7 heteroatoms. The Labute approximate surface area is 270 Å². The van der Waals surface area contributed by atoms with Crippen LogP contribution in [0.3, 0.4) is 0 Å². The molecule has 5 rings (SSSR count). The third-order valence-corrected chi connectivity index (χ3v) is 14.4. The van der Waals surface area contributed by atoms with E-state index in [0.717, 1.165) is 0 Å². The molecule has 206 valence electrons. The molecule has 0 bridgehead atoms. The third kappa shape index (κ3) is 7.46. The van der Waals surface area contributed by atoms with Gasteiger partial charge in [-0.2, -0.15) is 0 Å². The van der Waals surface area contributed by atoms with Crippen molar-refractivity contribution in [3.63, 3.8) is 0 Å². The van der Waals surface area contributed by atoms with Crippen LogP contribution in [0.2, 0.25) is 0 Å². The number of unbranched alkanes of at least 4 members (excludes halogenated alkanes) is 6. The van der Waals surface area contributed by atoms with Gasteiger partial charge in [-0.1, -0.05) is 52.4 Å². The van der Waals surface area contributed by atoms with E-state index in [0.29, 0.717) is 0 Å². The average molecular weight is 739 g/mol. The van der Waals surface area contributed by atoms with Crippen LogP contribution in [0.5, 0.6) is 0 Å². The molecule has 0 radical (unpaired) electrons. The fraction of sp³-hybridized carbons (Fsp3) is 0.375. The highest BCUT2D eigenvalue weighted by atomic mass is 79.9. The average Bonchev–Trinajstić information content (AvgIpc) is 3.75. The van der Waals surface area contributed by atoms with Crippen molar-refractivity contribution in [3.8, 4) is 39.0 Å². The second-order valence-electron chi connectivity index (χ2n) is 9.87. The molecule has 0 fully saturated rings. The maximum absolute atomic E-state index is 3.65. The minimum atomic E-state index is 1.20. The molecule has 5 heterocycles. The van der Waals surface area contributed by atoms with E-state index in [4.69, 9.17) is 0 Å². The highest BCUT2D eigenvalue weighted by Gasteiger charge is 2.23. The third-order valence-electron chi connectivity index (χ3n) is 6.97. The number of halogens is 2. The standard InChI is InChI=1S/C32H34Br2S5/c1-3-5-7-9-11-21-22(12-10-8-6-4-2)32(28-16-14-24(36-28)26-18-20-30(34)38-26)39-31(21)27-15-13-23(35-27)25-17-19-29(33)37-25/h13-20H,3-12H2,1-2H3. The predicted octanol–water partition coefficient (Wildman–Crippen LogP) is 14.4. The summed E-state index contributed by atoms with van der Waals surface area (Å²) < 4.78 is 2.39. The Hall–Kier alpha value is -0.540. The van der Waals surface area contributed by atoms with Crippen molar-refractivity contribution in [2.75, 3.05) is 0 Å². The number of hydrogen-bond acceptors (Lipinski definition) is 5. The Morgan fingerprint density at radius 3 is 1.21 bits per heavy atom. The van der Waals surface area contributed by atoms with Gasteiger partial charge in [0.15, 0.2) is 0 Å². The van der Waals surface area contributed by atoms with Crippen molar-refractivity contribution in [2.45, 2.75) is 78.1 Å². The highest BCUT2D eigenvalue weighted by molar-refractivity contribution is 9.11. The van der Waals surface area contributed by atoms with Crippen LogP contribution < -0.4 is 0 Å². The maximum atomic E-state index is 3.65. The lowest BCUT2D eigenvalue weighted by Crippen LogP contribution is -1.95. The summed E-state index contributed by atoms with van der Waals surface area (Å²) in [5, 5.41) is 0. The van der Waals surface area contributed by atoms with Crippen molar-refractivity contribution in [1.29, 1.82) is 0 Å². The molecule has 0 amide bonds. The Balaban J connectivity index is 1.56. The van der Waals surface area contributed by atoms with Crippen LogP contribution in [0.15, 0.2) is 56.1 Å². The normalized spacial score (nSPS) is 11.6. The smallest absolute Gasteiger partial charge is 0.0705 e. The van der Waals surface area contributed by atoms with Crippen molar-refractivity contribution in [2.24, 2.45) is 0 Å². The number of thiophene rings is 5. The molecule has 0 nitrogen and oxygen atoms in total. The summed E-state index contributed by atoms with van der Waals surface area (Å²) in [5.41, 5.74) is 3.27. The van der Waals surface area contributed by atoms with Crippen LogP contribution in [-0.2, 0) is 12.8 Å². The molecule has 0 aromatic carbocycles. The molecule has 39 heavy (non-hydrogen) atoms. The molecule has 5 aromatic heterocycles. The zero-order chi connectivity index (χ0) is 27.2. The molecule has 0 aliphatic carbocycles. The quantitative estimate of drug-likeness (QED) is 0.0996. The van der Waals surface area contributed by atoms with Gasteiger partial charge in [-0.05, 0) is 117 Å². The summed E-state index contributed by atoms with van der Waals surface area (Å²) in [7, 11) is 0. The first-order valence-electron chi connectivity index (χ1n) is 13.9. The Kier molecular flexibility index (Phi) is 11.2. The van der Waals surface area contributed by atoms with Gasteiger partial charge in [0.25, 0.3) is 0 Å². The molecular formula is C32H34Br2S5. The van der Waals surface area contributed by atoms with Gasteiger partial charge in [-0.25, -0.2) is 0 Å². The van der Waals surface area contributed by atoms with Crippen LogP contribution in [0, 0.1) is 0 Å². The number of hydrogen-bond donors (Lipinski definition) is 0. The molecule has 0 aliphatic heterocycles. The molecule has 0 spiro atoms. The van der Waals surface area contributed by atoms with Gasteiger partial charge in [-0.15, -0.1) is 56.7 Å². The van der Waals surface area contributed by atoms with Crippen molar-refractivity contribution in [3.05, 3.63) is 67.2 Å². The van der Waals surface area contributed by atoms with E-state index < -0.39 is 0 Å². The summed E-state index contributed by atoms with van der Waals surface area (Å²) in [6, 6.07) is 18.2. The Morgan fingerprint density at radius 1 is 0.436 bits per heavy atom. The van der Waals surface area contributed by atoms with Gasteiger partial charge in [-0.3, -0.25) is 0 Å².